The number of halogens is 2. The lowest BCUT2D eigenvalue weighted by Crippen LogP contribution is -2.38. The van der Waals surface area contributed by atoms with Crippen molar-refractivity contribution in [1.29, 1.82) is 0 Å². The Morgan fingerprint density at radius 3 is 2.56 bits per heavy atom. The molecule has 0 bridgehead atoms. The molecule has 16 heavy (non-hydrogen) atoms. The highest BCUT2D eigenvalue weighted by molar-refractivity contribution is 6.43. The second kappa shape index (κ2) is 5.23. The van der Waals surface area contributed by atoms with Gasteiger partial charge in [-0.25, -0.2) is 5.90 Å². The highest BCUT2D eigenvalue weighted by Gasteiger charge is 2.21. The largest absolute Gasteiger partial charge is 0.370 e. The van der Waals surface area contributed by atoms with Crippen LogP contribution in [0, 0.1) is 0 Å². The molecule has 1 aliphatic heterocycles. The van der Waals surface area contributed by atoms with Crippen LogP contribution in [-0.2, 0) is 4.84 Å². The third-order valence-electron chi connectivity index (χ3n) is 2.91. The Morgan fingerprint density at radius 1 is 1.25 bits per heavy atom. The second-order valence-corrected chi connectivity index (χ2v) is 4.68. The lowest BCUT2D eigenvalue weighted by Gasteiger charge is -2.33. The molecule has 1 saturated heterocycles. The van der Waals surface area contributed by atoms with Gasteiger partial charge in [-0.05, 0) is 25.0 Å². The van der Waals surface area contributed by atoms with E-state index in [1.54, 1.807) is 6.07 Å². The minimum Gasteiger partial charge on any atom is -0.370 e. The van der Waals surface area contributed by atoms with E-state index in [9.17, 15) is 0 Å². The minimum absolute atomic E-state index is 0.161. The summed E-state index contributed by atoms with van der Waals surface area (Å²) in [7, 11) is 0. The number of anilines is 1. The normalized spacial score (nSPS) is 17.8. The van der Waals surface area contributed by atoms with Crippen molar-refractivity contribution in [2.75, 3.05) is 18.0 Å². The van der Waals surface area contributed by atoms with E-state index in [0.29, 0.717) is 10.0 Å². The number of benzene rings is 1. The van der Waals surface area contributed by atoms with Crippen molar-refractivity contribution in [3.63, 3.8) is 0 Å². The van der Waals surface area contributed by atoms with Crippen LogP contribution in [0.5, 0.6) is 0 Å². The van der Waals surface area contributed by atoms with Crippen molar-refractivity contribution < 1.29 is 4.84 Å². The highest BCUT2D eigenvalue weighted by Crippen LogP contribution is 2.33. The van der Waals surface area contributed by atoms with Crippen LogP contribution in [0.15, 0.2) is 18.2 Å². The van der Waals surface area contributed by atoms with E-state index in [1.165, 1.54) is 0 Å². The average molecular weight is 261 g/mol. The molecular formula is C11H14Cl2N2O. The molecule has 0 aromatic heterocycles. The summed E-state index contributed by atoms with van der Waals surface area (Å²) in [6.07, 6.45) is 1.99. The molecular weight excluding hydrogens is 247 g/mol. The zero-order valence-corrected chi connectivity index (χ0v) is 10.3. The van der Waals surface area contributed by atoms with Gasteiger partial charge in [0.2, 0.25) is 0 Å². The summed E-state index contributed by atoms with van der Waals surface area (Å²) in [6, 6.07) is 5.69. The van der Waals surface area contributed by atoms with E-state index in [-0.39, 0.29) is 6.10 Å². The van der Waals surface area contributed by atoms with E-state index >= 15 is 0 Å². The predicted octanol–water partition coefficient (Wildman–Crippen LogP) is 2.85. The number of nitrogens with two attached hydrogens (primary N) is 1. The molecule has 2 rings (SSSR count). The van der Waals surface area contributed by atoms with Crippen LogP contribution >= 0.6 is 23.2 Å². The molecule has 0 spiro atoms. The number of hydrogen-bond donors (Lipinski definition) is 1. The zero-order chi connectivity index (χ0) is 11.5. The van der Waals surface area contributed by atoms with Gasteiger partial charge in [-0.15, -0.1) is 0 Å². The molecule has 1 aliphatic rings. The molecule has 88 valence electrons. The van der Waals surface area contributed by atoms with Gasteiger partial charge in [0.1, 0.15) is 0 Å². The summed E-state index contributed by atoms with van der Waals surface area (Å²) in [4.78, 5) is 7.06. The lowest BCUT2D eigenvalue weighted by molar-refractivity contribution is 0.0368. The van der Waals surface area contributed by atoms with Crippen LogP contribution < -0.4 is 10.8 Å². The van der Waals surface area contributed by atoms with Crippen molar-refractivity contribution in [2.45, 2.75) is 18.9 Å². The minimum atomic E-state index is 0.161. The van der Waals surface area contributed by atoms with E-state index in [0.717, 1.165) is 31.6 Å². The molecule has 0 atom stereocenters. The maximum absolute atomic E-state index is 6.17. The molecule has 1 aromatic carbocycles. The fourth-order valence-corrected chi connectivity index (χ4v) is 2.38. The molecule has 2 N–H and O–H groups in total. The van der Waals surface area contributed by atoms with Gasteiger partial charge >= 0.3 is 0 Å². The van der Waals surface area contributed by atoms with Crippen molar-refractivity contribution in [3.8, 4) is 0 Å². The van der Waals surface area contributed by atoms with Crippen LogP contribution in [0.25, 0.3) is 0 Å². The molecule has 1 heterocycles. The Hall–Kier alpha value is -0.480. The molecule has 0 amide bonds. The predicted molar refractivity (Wildman–Crippen MR) is 67.0 cm³/mol. The molecule has 1 aromatic rings. The topological polar surface area (TPSA) is 38.5 Å². The lowest BCUT2D eigenvalue weighted by atomic mass is 10.1. The second-order valence-electron chi connectivity index (χ2n) is 3.90. The molecule has 0 saturated carbocycles. The Morgan fingerprint density at radius 2 is 1.94 bits per heavy atom. The Bertz CT molecular complexity index is 365. The third kappa shape index (κ3) is 2.43. The van der Waals surface area contributed by atoms with Gasteiger partial charge in [0.15, 0.2) is 0 Å². The van der Waals surface area contributed by atoms with Crippen LogP contribution in [0.3, 0.4) is 0 Å². The van der Waals surface area contributed by atoms with E-state index in [2.05, 4.69) is 4.90 Å². The first-order valence-electron chi connectivity index (χ1n) is 5.27. The van der Waals surface area contributed by atoms with Gasteiger partial charge < -0.3 is 9.74 Å². The van der Waals surface area contributed by atoms with Gasteiger partial charge in [-0.1, -0.05) is 29.3 Å². The Kier molecular flexibility index (Phi) is 3.92. The molecule has 0 unspecified atom stereocenters. The van der Waals surface area contributed by atoms with Gasteiger partial charge in [0.25, 0.3) is 0 Å². The standard InChI is InChI=1S/C11H14Cl2N2O/c12-9-2-1-3-10(11(9)13)15-6-4-8(16-14)5-7-15/h1-3,8H,4-7,14H2. The summed E-state index contributed by atoms with van der Waals surface area (Å²) in [6.45, 7) is 1.78. The molecule has 1 fully saturated rings. The van der Waals surface area contributed by atoms with Crippen LogP contribution in [-0.4, -0.2) is 19.2 Å². The maximum Gasteiger partial charge on any atom is 0.0825 e. The van der Waals surface area contributed by atoms with Crippen molar-refractivity contribution >= 4 is 28.9 Å². The highest BCUT2D eigenvalue weighted by atomic mass is 35.5. The first-order chi connectivity index (χ1) is 7.72. The Labute approximate surface area is 105 Å². The monoisotopic (exact) mass is 260 g/mol. The van der Waals surface area contributed by atoms with E-state index < -0.39 is 0 Å². The zero-order valence-electron chi connectivity index (χ0n) is 8.83. The summed E-state index contributed by atoms with van der Waals surface area (Å²) in [5.74, 6) is 5.18. The molecule has 3 nitrogen and oxygen atoms in total. The van der Waals surface area contributed by atoms with Gasteiger partial charge in [0.05, 0.1) is 21.8 Å². The first-order valence-corrected chi connectivity index (χ1v) is 6.02. The van der Waals surface area contributed by atoms with Gasteiger partial charge in [0, 0.05) is 13.1 Å². The molecule has 0 aliphatic carbocycles. The van der Waals surface area contributed by atoms with Crippen LogP contribution in [0.1, 0.15) is 12.8 Å². The summed E-state index contributed by atoms with van der Waals surface area (Å²) < 4.78 is 0. The first kappa shape index (κ1) is 12.0. The number of piperidine rings is 1. The Balaban J connectivity index is 2.11. The van der Waals surface area contributed by atoms with Crippen molar-refractivity contribution in [1.82, 2.24) is 0 Å². The fraction of sp³-hybridized carbons (Fsp3) is 0.455. The SMILES string of the molecule is NOC1CCN(c2cccc(Cl)c2Cl)CC1. The van der Waals surface area contributed by atoms with E-state index in [1.807, 2.05) is 12.1 Å². The number of rotatable bonds is 2. The third-order valence-corrected chi connectivity index (χ3v) is 3.72. The van der Waals surface area contributed by atoms with Crippen molar-refractivity contribution in [3.05, 3.63) is 28.2 Å². The van der Waals surface area contributed by atoms with Gasteiger partial charge in [-0.3, -0.25) is 0 Å². The smallest absolute Gasteiger partial charge is 0.0825 e. The summed E-state index contributed by atoms with van der Waals surface area (Å²) in [5.41, 5.74) is 0.990. The summed E-state index contributed by atoms with van der Waals surface area (Å²) in [5, 5.41) is 1.22. The number of nitrogens with zero attached hydrogens (tertiary/aromatic N) is 1. The number of hydrogen-bond acceptors (Lipinski definition) is 3. The maximum atomic E-state index is 6.17. The molecule has 5 heteroatoms. The quantitative estimate of drug-likeness (QED) is 0.832. The van der Waals surface area contributed by atoms with Crippen molar-refractivity contribution in [2.24, 2.45) is 5.90 Å². The molecule has 0 radical (unpaired) electrons. The van der Waals surface area contributed by atoms with Crippen LogP contribution in [0.4, 0.5) is 5.69 Å². The van der Waals surface area contributed by atoms with E-state index in [4.69, 9.17) is 33.9 Å². The van der Waals surface area contributed by atoms with Crippen LogP contribution in [0.2, 0.25) is 10.0 Å². The summed E-state index contributed by atoms with van der Waals surface area (Å²) >= 11 is 12.2. The average Bonchev–Trinajstić information content (AvgIpc) is 2.33. The fourth-order valence-electron chi connectivity index (χ4n) is 1.97. The van der Waals surface area contributed by atoms with Gasteiger partial charge in [-0.2, -0.15) is 0 Å².